The molecule has 0 saturated carbocycles. The average molecular weight is 240 g/mol. The molecule has 4 nitrogen and oxygen atoms in total. The predicted molar refractivity (Wildman–Crippen MR) is 63.5 cm³/mol. The Bertz CT molecular complexity index is 366. The fraction of sp³-hybridized carbons (Fsp3) is 0.455. The summed E-state index contributed by atoms with van der Waals surface area (Å²) in [6.45, 7) is 0.769. The topological polar surface area (TPSA) is 54.0 Å². The maximum absolute atomic E-state index is 11.3. The molecule has 16 heavy (non-hydrogen) atoms. The van der Waals surface area contributed by atoms with E-state index in [2.05, 4.69) is 15.6 Å². The summed E-state index contributed by atoms with van der Waals surface area (Å²) < 4.78 is 0. The first-order valence-electron chi connectivity index (χ1n) is 5.39. The summed E-state index contributed by atoms with van der Waals surface area (Å²) in [7, 11) is 0. The van der Waals surface area contributed by atoms with Crippen LogP contribution in [0.1, 0.15) is 19.3 Å². The number of anilines is 1. The largest absolute Gasteiger partial charge is 0.367 e. The van der Waals surface area contributed by atoms with Crippen LogP contribution in [0.5, 0.6) is 0 Å². The predicted octanol–water partition coefficient (Wildman–Crippen LogP) is 1.82. The minimum Gasteiger partial charge on any atom is -0.367 e. The molecule has 1 amide bonds. The number of halogens is 1. The van der Waals surface area contributed by atoms with Crippen molar-refractivity contribution in [3.8, 4) is 0 Å². The van der Waals surface area contributed by atoms with Gasteiger partial charge in [-0.25, -0.2) is 4.98 Å². The second kappa shape index (κ2) is 5.16. The first kappa shape index (κ1) is 11.2. The quantitative estimate of drug-likeness (QED) is 0.828. The highest BCUT2D eigenvalue weighted by Gasteiger charge is 2.17. The fourth-order valence-electron chi connectivity index (χ4n) is 1.77. The number of hydrogen-bond donors (Lipinski definition) is 2. The van der Waals surface area contributed by atoms with Crippen molar-refractivity contribution in [2.75, 3.05) is 11.9 Å². The maximum atomic E-state index is 11.3. The molecular formula is C11H14ClN3O. The van der Waals surface area contributed by atoms with E-state index in [1.54, 1.807) is 12.3 Å². The smallest absolute Gasteiger partial charge is 0.222 e. The summed E-state index contributed by atoms with van der Waals surface area (Å²) in [4.78, 5) is 15.5. The lowest BCUT2D eigenvalue weighted by Gasteiger charge is -2.15. The van der Waals surface area contributed by atoms with Gasteiger partial charge in [-0.1, -0.05) is 11.6 Å². The minimum absolute atomic E-state index is 0.101. The number of nitrogens with zero attached hydrogens (tertiary/aromatic N) is 1. The Hall–Kier alpha value is -1.29. The number of pyridine rings is 1. The molecular weight excluding hydrogens is 226 g/mol. The number of aromatic nitrogens is 1. The van der Waals surface area contributed by atoms with Crippen LogP contribution in [0, 0.1) is 0 Å². The van der Waals surface area contributed by atoms with Gasteiger partial charge in [0.25, 0.3) is 0 Å². The van der Waals surface area contributed by atoms with E-state index in [0.29, 0.717) is 11.4 Å². The van der Waals surface area contributed by atoms with Gasteiger partial charge in [-0.15, -0.1) is 0 Å². The van der Waals surface area contributed by atoms with Crippen molar-refractivity contribution in [2.45, 2.75) is 25.3 Å². The average Bonchev–Trinajstić information content (AvgIpc) is 2.46. The second-order valence-electron chi connectivity index (χ2n) is 3.90. The van der Waals surface area contributed by atoms with Gasteiger partial charge in [-0.2, -0.15) is 0 Å². The highest BCUT2D eigenvalue weighted by atomic mass is 35.5. The zero-order chi connectivity index (χ0) is 11.4. The molecule has 1 aliphatic rings. The van der Waals surface area contributed by atoms with Gasteiger partial charge in [0.05, 0.1) is 5.02 Å². The molecule has 0 aliphatic carbocycles. The molecule has 0 bridgehead atoms. The molecule has 2 N–H and O–H groups in total. The Kier molecular flexibility index (Phi) is 3.62. The van der Waals surface area contributed by atoms with Gasteiger partial charge >= 0.3 is 0 Å². The van der Waals surface area contributed by atoms with Crippen molar-refractivity contribution >= 4 is 23.3 Å². The van der Waals surface area contributed by atoms with Crippen LogP contribution >= 0.6 is 11.6 Å². The molecule has 0 radical (unpaired) electrons. The van der Waals surface area contributed by atoms with Gasteiger partial charge in [-0.3, -0.25) is 4.79 Å². The van der Waals surface area contributed by atoms with Crippen LogP contribution in [0.4, 0.5) is 5.82 Å². The third-order valence-electron chi connectivity index (χ3n) is 2.56. The lowest BCUT2D eigenvalue weighted by Crippen LogP contribution is -2.27. The number of hydrogen-bond acceptors (Lipinski definition) is 3. The molecule has 2 heterocycles. The number of rotatable bonds is 2. The van der Waals surface area contributed by atoms with Gasteiger partial charge in [0, 0.05) is 25.2 Å². The van der Waals surface area contributed by atoms with Crippen molar-refractivity contribution in [2.24, 2.45) is 0 Å². The highest BCUT2D eigenvalue weighted by molar-refractivity contribution is 6.30. The monoisotopic (exact) mass is 239 g/mol. The molecule has 1 unspecified atom stereocenters. The molecule has 2 rings (SSSR count). The lowest BCUT2D eigenvalue weighted by molar-refractivity contribution is -0.120. The van der Waals surface area contributed by atoms with Crippen molar-refractivity contribution in [3.63, 3.8) is 0 Å². The second-order valence-corrected chi connectivity index (χ2v) is 4.34. The lowest BCUT2D eigenvalue weighted by atomic mass is 10.1. The Morgan fingerprint density at radius 1 is 1.50 bits per heavy atom. The minimum atomic E-state index is 0.101. The third-order valence-corrected chi connectivity index (χ3v) is 2.79. The summed E-state index contributed by atoms with van der Waals surface area (Å²) >= 11 is 5.75. The summed E-state index contributed by atoms with van der Waals surface area (Å²) in [6, 6.07) is 3.77. The molecule has 5 heteroatoms. The Labute approximate surface area is 99.4 Å². The summed E-state index contributed by atoms with van der Waals surface area (Å²) in [5.74, 6) is 0.869. The van der Waals surface area contributed by atoms with E-state index < -0.39 is 0 Å². The molecule has 1 aromatic heterocycles. The molecule has 0 spiro atoms. The van der Waals surface area contributed by atoms with E-state index in [-0.39, 0.29) is 11.9 Å². The van der Waals surface area contributed by atoms with Crippen LogP contribution in [-0.4, -0.2) is 23.5 Å². The maximum Gasteiger partial charge on any atom is 0.222 e. The van der Waals surface area contributed by atoms with Gasteiger partial charge in [0.1, 0.15) is 5.82 Å². The van der Waals surface area contributed by atoms with E-state index >= 15 is 0 Å². The number of carbonyl (C=O) groups is 1. The number of amides is 1. The number of nitrogens with one attached hydrogen (secondary N) is 2. The van der Waals surface area contributed by atoms with Crippen LogP contribution in [0.2, 0.25) is 5.02 Å². The van der Waals surface area contributed by atoms with Gasteiger partial charge in [-0.05, 0) is 25.0 Å². The van der Waals surface area contributed by atoms with E-state index in [1.165, 1.54) is 0 Å². The van der Waals surface area contributed by atoms with Gasteiger partial charge < -0.3 is 10.6 Å². The van der Waals surface area contributed by atoms with Crippen LogP contribution < -0.4 is 10.6 Å². The van der Waals surface area contributed by atoms with Crippen LogP contribution in [0.25, 0.3) is 0 Å². The van der Waals surface area contributed by atoms with Crippen LogP contribution in [0.15, 0.2) is 18.3 Å². The first-order chi connectivity index (χ1) is 7.74. The number of carbonyl (C=O) groups excluding carboxylic acids is 1. The molecule has 1 fully saturated rings. The zero-order valence-electron chi connectivity index (χ0n) is 8.87. The third kappa shape index (κ3) is 3.10. The van der Waals surface area contributed by atoms with Crippen molar-refractivity contribution in [1.82, 2.24) is 10.3 Å². The molecule has 1 atom stereocenters. The first-order valence-corrected chi connectivity index (χ1v) is 5.76. The zero-order valence-corrected chi connectivity index (χ0v) is 9.63. The van der Waals surface area contributed by atoms with Crippen molar-refractivity contribution in [1.29, 1.82) is 0 Å². The van der Waals surface area contributed by atoms with Gasteiger partial charge in [0.15, 0.2) is 0 Å². The molecule has 1 saturated heterocycles. The Morgan fingerprint density at radius 2 is 2.38 bits per heavy atom. The van der Waals surface area contributed by atoms with Crippen LogP contribution in [-0.2, 0) is 4.79 Å². The summed E-state index contributed by atoms with van der Waals surface area (Å²) in [5.41, 5.74) is 0. The van der Waals surface area contributed by atoms with Crippen molar-refractivity contribution in [3.05, 3.63) is 23.4 Å². The normalized spacial score (nSPS) is 21.1. The molecule has 0 aromatic carbocycles. The van der Waals surface area contributed by atoms with E-state index in [1.807, 2.05) is 6.07 Å². The van der Waals surface area contributed by atoms with Crippen molar-refractivity contribution < 1.29 is 4.79 Å². The van der Waals surface area contributed by atoms with Gasteiger partial charge in [0.2, 0.25) is 5.91 Å². The summed E-state index contributed by atoms with van der Waals surface area (Å²) in [6.07, 6.45) is 4.07. The standard InChI is InChI=1S/C11H14ClN3O/c12-8-3-4-10(14-7-8)15-9-2-1-5-13-11(16)6-9/h3-4,7,9H,1-2,5-6H2,(H,13,16)(H,14,15). The van der Waals surface area contributed by atoms with E-state index in [9.17, 15) is 4.79 Å². The summed E-state index contributed by atoms with van der Waals surface area (Å²) in [5, 5.41) is 6.71. The fourth-order valence-corrected chi connectivity index (χ4v) is 1.88. The van der Waals surface area contributed by atoms with E-state index in [0.717, 1.165) is 25.2 Å². The Morgan fingerprint density at radius 3 is 3.12 bits per heavy atom. The molecule has 1 aromatic rings. The molecule has 86 valence electrons. The highest BCUT2D eigenvalue weighted by Crippen LogP contribution is 2.14. The van der Waals surface area contributed by atoms with Crippen LogP contribution in [0.3, 0.4) is 0 Å². The van der Waals surface area contributed by atoms with E-state index in [4.69, 9.17) is 11.6 Å². The SMILES string of the molecule is O=C1CC(Nc2ccc(Cl)cn2)CCCN1. The Balaban J connectivity index is 1.97. The molecule has 1 aliphatic heterocycles.